The van der Waals surface area contributed by atoms with Crippen molar-refractivity contribution in [3.63, 3.8) is 0 Å². The minimum atomic E-state index is -0.603. The summed E-state index contributed by atoms with van der Waals surface area (Å²) < 4.78 is 19.0. The van der Waals surface area contributed by atoms with Crippen LogP contribution in [0.25, 0.3) is 0 Å². The first-order valence-corrected chi connectivity index (χ1v) is 7.44. The Labute approximate surface area is 141 Å². The number of rotatable bonds is 5. The molecular weight excluding hydrogens is 367 g/mol. The molecule has 0 fully saturated rings. The number of anilines is 2. The van der Waals surface area contributed by atoms with Crippen LogP contribution in [0.1, 0.15) is 10.4 Å². The second-order valence-corrected chi connectivity index (χ2v) is 5.55. The predicted molar refractivity (Wildman–Crippen MR) is 89.0 cm³/mol. The Morgan fingerprint density at radius 1 is 1.09 bits per heavy atom. The van der Waals surface area contributed by atoms with Crippen LogP contribution in [0.5, 0.6) is 0 Å². The van der Waals surface area contributed by atoms with Crippen LogP contribution in [0, 0.1) is 5.82 Å². The Balaban J connectivity index is 2.04. The summed E-state index contributed by atoms with van der Waals surface area (Å²) in [5.41, 5.74) is 0.995. The average molecular weight is 381 g/mol. The van der Waals surface area contributed by atoms with Crippen LogP contribution in [0.15, 0.2) is 46.9 Å². The Hall–Kier alpha value is -2.25. The highest BCUT2D eigenvalue weighted by Crippen LogP contribution is 2.18. The monoisotopic (exact) mass is 380 g/mol. The normalized spacial score (nSPS) is 10.2. The van der Waals surface area contributed by atoms with E-state index in [4.69, 9.17) is 4.74 Å². The van der Waals surface area contributed by atoms with Gasteiger partial charge in [-0.05, 0) is 42.5 Å². The number of ether oxygens (including phenoxy) is 1. The molecule has 2 N–H and O–H groups in total. The van der Waals surface area contributed by atoms with Crippen LogP contribution in [0.4, 0.5) is 15.8 Å². The summed E-state index contributed by atoms with van der Waals surface area (Å²) in [6.07, 6.45) is 0. The first-order chi connectivity index (χ1) is 11.0. The molecule has 0 aliphatic heterocycles. The summed E-state index contributed by atoms with van der Waals surface area (Å²) in [6.45, 7) is -0.0410. The smallest absolute Gasteiger partial charge is 0.258 e. The lowest BCUT2D eigenvalue weighted by molar-refractivity contribution is -0.119. The van der Waals surface area contributed by atoms with E-state index in [0.717, 1.165) is 0 Å². The number of hydrogen-bond donors (Lipinski definition) is 2. The van der Waals surface area contributed by atoms with Gasteiger partial charge < -0.3 is 15.4 Å². The molecule has 2 aromatic carbocycles. The number of amides is 2. The van der Waals surface area contributed by atoms with Crippen molar-refractivity contribution in [3.05, 3.63) is 58.3 Å². The summed E-state index contributed by atoms with van der Waals surface area (Å²) >= 11 is 3.20. The van der Waals surface area contributed by atoms with Gasteiger partial charge in [0.1, 0.15) is 12.4 Å². The Morgan fingerprint density at radius 3 is 2.30 bits per heavy atom. The summed E-state index contributed by atoms with van der Waals surface area (Å²) in [5.74, 6) is -1.44. The zero-order chi connectivity index (χ0) is 16.8. The van der Waals surface area contributed by atoms with Crippen molar-refractivity contribution in [3.8, 4) is 0 Å². The van der Waals surface area contributed by atoms with Crippen LogP contribution in [-0.2, 0) is 9.53 Å². The second kappa shape index (κ2) is 7.85. The van der Waals surface area contributed by atoms with Gasteiger partial charge in [-0.15, -0.1) is 0 Å². The summed E-state index contributed by atoms with van der Waals surface area (Å²) in [7, 11) is 1.43. The second-order valence-electron chi connectivity index (χ2n) is 4.64. The molecule has 0 saturated heterocycles. The van der Waals surface area contributed by atoms with Crippen LogP contribution >= 0.6 is 15.9 Å². The molecule has 2 rings (SSSR count). The lowest BCUT2D eigenvalue weighted by atomic mass is 10.2. The Kier molecular flexibility index (Phi) is 5.84. The third-order valence-corrected chi connectivity index (χ3v) is 3.37. The van der Waals surface area contributed by atoms with E-state index in [1.807, 2.05) is 0 Å². The molecule has 5 nitrogen and oxygen atoms in total. The summed E-state index contributed by atoms with van der Waals surface area (Å²) in [5, 5.41) is 5.22. The van der Waals surface area contributed by atoms with Gasteiger partial charge in [-0.3, -0.25) is 9.59 Å². The van der Waals surface area contributed by atoms with Crippen molar-refractivity contribution in [2.45, 2.75) is 0 Å². The fraction of sp³-hybridized carbons (Fsp3) is 0.125. The molecule has 120 valence electrons. The van der Waals surface area contributed by atoms with Crippen molar-refractivity contribution in [1.29, 1.82) is 0 Å². The zero-order valence-corrected chi connectivity index (χ0v) is 13.8. The number of carbonyl (C=O) groups excluding carboxylic acids is 2. The maximum absolute atomic E-state index is 13.7. The molecule has 0 aliphatic rings. The molecular formula is C16H14BrFN2O3. The van der Waals surface area contributed by atoms with Crippen molar-refractivity contribution in [1.82, 2.24) is 0 Å². The highest BCUT2D eigenvalue weighted by atomic mass is 79.9. The van der Waals surface area contributed by atoms with Crippen molar-refractivity contribution < 1.29 is 18.7 Å². The molecule has 7 heteroatoms. The maximum atomic E-state index is 13.7. The highest BCUT2D eigenvalue weighted by molar-refractivity contribution is 9.10. The van der Waals surface area contributed by atoms with Crippen LogP contribution < -0.4 is 10.6 Å². The van der Waals surface area contributed by atoms with Gasteiger partial charge >= 0.3 is 0 Å². The number of carbonyl (C=O) groups is 2. The topological polar surface area (TPSA) is 67.4 Å². The lowest BCUT2D eigenvalue weighted by Crippen LogP contribution is -2.17. The molecule has 23 heavy (non-hydrogen) atoms. The van der Waals surface area contributed by atoms with E-state index >= 15 is 0 Å². The fourth-order valence-electron chi connectivity index (χ4n) is 1.83. The number of hydrogen-bond acceptors (Lipinski definition) is 3. The first-order valence-electron chi connectivity index (χ1n) is 6.65. The third-order valence-electron chi connectivity index (χ3n) is 2.87. The average Bonchev–Trinajstić information content (AvgIpc) is 2.52. The zero-order valence-electron chi connectivity index (χ0n) is 12.2. The first kappa shape index (κ1) is 17.1. The Bertz CT molecular complexity index is 720. The molecule has 0 spiro atoms. The predicted octanol–water partition coefficient (Wildman–Crippen LogP) is 3.43. The van der Waals surface area contributed by atoms with Gasteiger partial charge in [-0.2, -0.15) is 0 Å². The van der Waals surface area contributed by atoms with Crippen molar-refractivity contribution in [2.75, 3.05) is 24.4 Å². The summed E-state index contributed by atoms with van der Waals surface area (Å²) in [6, 6.07) is 10.6. The molecule has 0 unspecified atom stereocenters. The van der Waals surface area contributed by atoms with E-state index in [1.165, 1.54) is 25.3 Å². The standard InChI is InChI=1S/C16H14BrFN2O3/c1-23-9-15(21)19-11-3-5-12(6-4-11)20-16(22)13-8-10(17)2-7-14(13)18/h2-8H,9H2,1H3,(H,19,21)(H,20,22). The van der Waals surface area contributed by atoms with E-state index in [2.05, 4.69) is 26.6 Å². The van der Waals surface area contributed by atoms with Gasteiger partial charge in [0.2, 0.25) is 5.91 Å². The fourth-order valence-corrected chi connectivity index (χ4v) is 2.20. The van der Waals surface area contributed by atoms with Gasteiger partial charge in [-0.1, -0.05) is 15.9 Å². The Morgan fingerprint density at radius 2 is 1.70 bits per heavy atom. The largest absolute Gasteiger partial charge is 0.375 e. The molecule has 0 aliphatic carbocycles. The van der Waals surface area contributed by atoms with E-state index in [9.17, 15) is 14.0 Å². The third kappa shape index (κ3) is 4.87. The molecule has 2 amide bonds. The molecule has 2 aromatic rings. The van der Waals surface area contributed by atoms with Gasteiger partial charge in [0.05, 0.1) is 5.56 Å². The number of halogens is 2. The van der Waals surface area contributed by atoms with E-state index < -0.39 is 11.7 Å². The minimum absolute atomic E-state index is 0.0410. The summed E-state index contributed by atoms with van der Waals surface area (Å²) in [4.78, 5) is 23.5. The van der Waals surface area contributed by atoms with Gasteiger partial charge in [0.15, 0.2) is 0 Å². The molecule has 0 bridgehead atoms. The van der Waals surface area contributed by atoms with Crippen molar-refractivity contribution in [2.24, 2.45) is 0 Å². The van der Waals surface area contributed by atoms with E-state index in [-0.39, 0.29) is 18.1 Å². The molecule has 0 atom stereocenters. The molecule has 0 aromatic heterocycles. The molecule has 0 heterocycles. The van der Waals surface area contributed by atoms with Crippen molar-refractivity contribution >= 4 is 39.1 Å². The van der Waals surface area contributed by atoms with Crippen LogP contribution in [-0.4, -0.2) is 25.5 Å². The van der Waals surface area contributed by atoms with Gasteiger partial charge in [0, 0.05) is 23.0 Å². The quantitative estimate of drug-likeness (QED) is 0.834. The number of benzene rings is 2. The lowest BCUT2D eigenvalue weighted by Gasteiger charge is -2.08. The molecule has 0 saturated carbocycles. The minimum Gasteiger partial charge on any atom is -0.375 e. The molecule has 0 radical (unpaired) electrons. The van der Waals surface area contributed by atoms with E-state index in [0.29, 0.717) is 15.8 Å². The van der Waals surface area contributed by atoms with Gasteiger partial charge in [0.25, 0.3) is 5.91 Å². The van der Waals surface area contributed by atoms with Crippen LogP contribution in [0.3, 0.4) is 0 Å². The van der Waals surface area contributed by atoms with Crippen LogP contribution in [0.2, 0.25) is 0 Å². The van der Waals surface area contributed by atoms with Gasteiger partial charge in [-0.25, -0.2) is 4.39 Å². The SMILES string of the molecule is COCC(=O)Nc1ccc(NC(=O)c2cc(Br)ccc2F)cc1. The maximum Gasteiger partial charge on any atom is 0.258 e. The highest BCUT2D eigenvalue weighted by Gasteiger charge is 2.12. The number of methoxy groups -OCH3 is 1. The van der Waals surface area contributed by atoms with E-state index in [1.54, 1.807) is 24.3 Å². The number of nitrogens with one attached hydrogen (secondary N) is 2.